The predicted octanol–water partition coefficient (Wildman–Crippen LogP) is 0.00340. The van der Waals surface area contributed by atoms with E-state index in [2.05, 4.69) is 4.74 Å². The molecule has 0 amide bonds. The van der Waals surface area contributed by atoms with Gasteiger partial charge in [-0.25, -0.2) is 4.39 Å². The van der Waals surface area contributed by atoms with Crippen LogP contribution in [0, 0.1) is 0 Å². The van der Waals surface area contributed by atoms with Crippen molar-refractivity contribution < 1.29 is 14.3 Å². The van der Waals surface area contributed by atoms with Crippen molar-refractivity contribution >= 4 is 0 Å². The summed E-state index contributed by atoms with van der Waals surface area (Å²) in [4.78, 5) is 0. The molecule has 4 heteroatoms. The van der Waals surface area contributed by atoms with E-state index in [1.54, 1.807) is 0 Å². The minimum atomic E-state index is -1.31. The molecule has 1 fully saturated rings. The van der Waals surface area contributed by atoms with Crippen LogP contribution in [0.15, 0.2) is 0 Å². The standard InChI is InChI=1S/C4H8FNO2/c5-4-3-6(7)1-2-8-4/h4,7H,1-3H2. The number of halogens is 1. The van der Waals surface area contributed by atoms with Crippen molar-refractivity contribution in [2.24, 2.45) is 0 Å². The fourth-order valence-corrected chi connectivity index (χ4v) is 0.596. The molecule has 0 aliphatic carbocycles. The third kappa shape index (κ3) is 1.40. The lowest BCUT2D eigenvalue weighted by Crippen LogP contribution is -2.37. The van der Waals surface area contributed by atoms with Gasteiger partial charge in [-0.3, -0.25) is 0 Å². The van der Waals surface area contributed by atoms with Crippen molar-refractivity contribution in [3.63, 3.8) is 0 Å². The topological polar surface area (TPSA) is 32.7 Å². The van der Waals surface area contributed by atoms with E-state index >= 15 is 0 Å². The van der Waals surface area contributed by atoms with Crippen LogP contribution in [-0.2, 0) is 4.74 Å². The zero-order valence-corrected chi connectivity index (χ0v) is 4.38. The number of hydrogen-bond acceptors (Lipinski definition) is 3. The van der Waals surface area contributed by atoms with E-state index in [0.717, 1.165) is 5.06 Å². The van der Waals surface area contributed by atoms with Crippen LogP contribution in [0.3, 0.4) is 0 Å². The number of rotatable bonds is 0. The Kier molecular flexibility index (Phi) is 1.77. The molecule has 1 atom stereocenters. The van der Waals surface area contributed by atoms with Crippen LogP contribution in [0.1, 0.15) is 0 Å². The lowest BCUT2D eigenvalue weighted by atomic mass is 10.5. The number of nitrogens with zero attached hydrogens (tertiary/aromatic N) is 1. The third-order valence-electron chi connectivity index (χ3n) is 1.00. The zero-order valence-electron chi connectivity index (χ0n) is 4.38. The van der Waals surface area contributed by atoms with Gasteiger partial charge < -0.3 is 9.94 Å². The van der Waals surface area contributed by atoms with Crippen LogP contribution in [0.2, 0.25) is 0 Å². The highest BCUT2D eigenvalue weighted by Gasteiger charge is 2.16. The number of hydroxylamine groups is 2. The van der Waals surface area contributed by atoms with Crippen molar-refractivity contribution in [3.8, 4) is 0 Å². The number of ether oxygens (including phenoxy) is 1. The van der Waals surface area contributed by atoms with Crippen LogP contribution >= 0.6 is 0 Å². The Balaban J connectivity index is 2.23. The maximum absolute atomic E-state index is 12.0. The first-order chi connectivity index (χ1) is 3.79. The Morgan fingerprint density at radius 2 is 2.50 bits per heavy atom. The molecule has 0 aromatic carbocycles. The van der Waals surface area contributed by atoms with Gasteiger partial charge in [0, 0.05) is 6.54 Å². The Morgan fingerprint density at radius 1 is 1.75 bits per heavy atom. The molecule has 1 N–H and O–H groups in total. The van der Waals surface area contributed by atoms with Gasteiger partial charge in [-0.1, -0.05) is 0 Å². The van der Waals surface area contributed by atoms with Crippen molar-refractivity contribution in [1.29, 1.82) is 0 Å². The van der Waals surface area contributed by atoms with Crippen molar-refractivity contribution in [2.75, 3.05) is 19.7 Å². The molecule has 1 aliphatic heterocycles. The van der Waals surface area contributed by atoms with E-state index in [0.29, 0.717) is 6.54 Å². The Morgan fingerprint density at radius 3 is 2.88 bits per heavy atom. The van der Waals surface area contributed by atoms with Gasteiger partial charge >= 0.3 is 0 Å². The molecule has 3 nitrogen and oxygen atoms in total. The minimum Gasteiger partial charge on any atom is -0.346 e. The molecule has 8 heavy (non-hydrogen) atoms. The van der Waals surface area contributed by atoms with E-state index in [4.69, 9.17) is 5.21 Å². The summed E-state index contributed by atoms with van der Waals surface area (Å²) in [6.45, 7) is 0.651. The molecular formula is C4H8FNO2. The van der Waals surface area contributed by atoms with Gasteiger partial charge in [0.15, 0.2) is 0 Å². The molecule has 0 bridgehead atoms. The predicted molar refractivity (Wildman–Crippen MR) is 24.2 cm³/mol. The molecule has 0 radical (unpaired) electrons. The van der Waals surface area contributed by atoms with Crippen LogP contribution < -0.4 is 0 Å². The summed E-state index contributed by atoms with van der Waals surface area (Å²) < 4.78 is 16.5. The molecule has 1 rings (SSSR count). The molecule has 1 unspecified atom stereocenters. The van der Waals surface area contributed by atoms with E-state index in [1.807, 2.05) is 0 Å². The lowest BCUT2D eigenvalue weighted by Gasteiger charge is -2.22. The Labute approximate surface area is 46.6 Å². The summed E-state index contributed by atoms with van der Waals surface area (Å²) >= 11 is 0. The van der Waals surface area contributed by atoms with Crippen molar-refractivity contribution in [1.82, 2.24) is 5.06 Å². The summed E-state index contributed by atoms with van der Waals surface area (Å²) in [7, 11) is 0. The van der Waals surface area contributed by atoms with E-state index in [-0.39, 0.29) is 13.2 Å². The normalized spacial score (nSPS) is 33.0. The lowest BCUT2D eigenvalue weighted by molar-refractivity contribution is -0.199. The third-order valence-corrected chi connectivity index (χ3v) is 1.00. The first kappa shape index (κ1) is 5.94. The molecule has 1 aliphatic rings. The summed E-state index contributed by atoms with van der Waals surface area (Å²) in [5.41, 5.74) is 0. The molecule has 0 spiro atoms. The van der Waals surface area contributed by atoms with Gasteiger partial charge in [0.05, 0.1) is 13.2 Å². The van der Waals surface area contributed by atoms with Crippen LogP contribution in [0.25, 0.3) is 0 Å². The number of hydrogen-bond donors (Lipinski definition) is 1. The fraction of sp³-hybridized carbons (Fsp3) is 1.00. The van der Waals surface area contributed by atoms with Crippen molar-refractivity contribution in [3.05, 3.63) is 0 Å². The Bertz CT molecular complexity index is 72.4. The second kappa shape index (κ2) is 2.39. The van der Waals surface area contributed by atoms with E-state index in [1.165, 1.54) is 0 Å². The molecule has 0 aromatic rings. The van der Waals surface area contributed by atoms with Gasteiger partial charge in [-0.05, 0) is 0 Å². The molecule has 48 valence electrons. The molecule has 1 heterocycles. The van der Waals surface area contributed by atoms with Crippen LogP contribution in [0.4, 0.5) is 4.39 Å². The summed E-state index contributed by atoms with van der Waals surface area (Å²) in [6, 6.07) is 0. The molecule has 0 saturated carbocycles. The van der Waals surface area contributed by atoms with Crippen molar-refractivity contribution in [2.45, 2.75) is 6.36 Å². The molecular weight excluding hydrogens is 113 g/mol. The highest BCUT2D eigenvalue weighted by molar-refractivity contribution is 4.54. The van der Waals surface area contributed by atoms with Gasteiger partial charge in [-0.2, -0.15) is 5.06 Å². The summed E-state index contributed by atoms with van der Waals surface area (Å²) in [5.74, 6) is 0. The molecule has 1 saturated heterocycles. The average molecular weight is 121 g/mol. The molecule has 0 aromatic heterocycles. The maximum atomic E-state index is 12.0. The fourth-order valence-electron chi connectivity index (χ4n) is 0.596. The van der Waals surface area contributed by atoms with Gasteiger partial charge in [0.2, 0.25) is 6.36 Å². The van der Waals surface area contributed by atoms with Crippen LogP contribution in [0.5, 0.6) is 0 Å². The number of morpholine rings is 1. The van der Waals surface area contributed by atoms with Crippen LogP contribution in [-0.4, -0.2) is 36.3 Å². The number of alkyl halides is 1. The minimum absolute atomic E-state index is 0.0278. The monoisotopic (exact) mass is 121 g/mol. The highest BCUT2D eigenvalue weighted by atomic mass is 19.1. The SMILES string of the molecule is ON1CCOC(F)C1. The van der Waals surface area contributed by atoms with E-state index < -0.39 is 6.36 Å². The first-order valence-electron chi connectivity index (χ1n) is 2.48. The van der Waals surface area contributed by atoms with E-state index in [9.17, 15) is 4.39 Å². The largest absolute Gasteiger partial charge is 0.346 e. The van der Waals surface area contributed by atoms with Gasteiger partial charge in [-0.15, -0.1) is 0 Å². The smallest absolute Gasteiger partial charge is 0.214 e. The second-order valence-corrected chi connectivity index (χ2v) is 1.69. The van der Waals surface area contributed by atoms with Gasteiger partial charge in [0.25, 0.3) is 0 Å². The zero-order chi connectivity index (χ0) is 5.98. The quantitative estimate of drug-likeness (QED) is 0.489. The van der Waals surface area contributed by atoms with Gasteiger partial charge in [0.1, 0.15) is 0 Å². The average Bonchev–Trinajstić information content (AvgIpc) is 1.64. The first-order valence-corrected chi connectivity index (χ1v) is 2.48. The Hall–Kier alpha value is -0.190. The second-order valence-electron chi connectivity index (χ2n) is 1.69. The summed E-state index contributed by atoms with van der Waals surface area (Å²) in [6.07, 6.45) is -1.31. The maximum Gasteiger partial charge on any atom is 0.214 e. The highest BCUT2D eigenvalue weighted by Crippen LogP contribution is 2.01. The summed E-state index contributed by atoms with van der Waals surface area (Å²) in [5, 5.41) is 9.50.